The molecule has 0 unspecified atom stereocenters. The summed E-state index contributed by atoms with van der Waals surface area (Å²) in [5.41, 5.74) is 8.05. The molecule has 1 aromatic carbocycles. The summed E-state index contributed by atoms with van der Waals surface area (Å²) in [6.45, 7) is 1.90. The molecule has 1 heterocycles. The number of nitrogens with zero attached hydrogens (tertiary/aromatic N) is 1. The number of methoxy groups -OCH3 is 2. The number of nitrogens with two attached hydrogens (primary N) is 1. The Morgan fingerprint density at radius 3 is 2.57 bits per heavy atom. The number of aryl methyl sites for hydroxylation is 1. The molecule has 0 saturated carbocycles. The number of nitrogens with one attached hydrogen (secondary N) is 1. The number of pyridine rings is 1. The monoisotopic (exact) mass is 303 g/mol. The molecule has 0 bridgehead atoms. The van der Waals surface area contributed by atoms with Gasteiger partial charge in [-0.05, 0) is 31.2 Å². The fraction of sp³-hybridized carbons (Fsp3) is 0.200. The minimum atomic E-state index is 0.289. The van der Waals surface area contributed by atoms with E-state index in [4.69, 9.17) is 27.4 Å². The van der Waals surface area contributed by atoms with Crippen LogP contribution in [0.1, 0.15) is 11.3 Å². The normalized spacial score (nSPS) is 10.0. The maximum absolute atomic E-state index is 5.73. The van der Waals surface area contributed by atoms with Gasteiger partial charge in [0, 0.05) is 11.8 Å². The molecule has 0 radical (unpaired) electrons. The molecule has 0 spiro atoms. The molecule has 0 amide bonds. The van der Waals surface area contributed by atoms with Gasteiger partial charge in [-0.3, -0.25) is 0 Å². The van der Waals surface area contributed by atoms with E-state index in [0.29, 0.717) is 22.9 Å². The second kappa shape index (κ2) is 6.41. The molecule has 0 aliphatic carbocycles. The van der Waals surface area contributed by atoms with E-state index in [1.54, 1.807) is 20.3 Å². The Morgan fingerprint density at radius 2 is 1.95 bits per heavy atom. The van der Waals surface area contributed by atoms with Gasteiger partial charge in [0.2, 0.25) is 0 Å². The zero-order valence-electron chi connectivity index (χ0n) is 12.1. The molecule has 110 valence electrons. The average Bonchev–Trinajstić information content (AvgIpc) is 2.47. The molecule has 0 aliphatic heterocycles. The molecule has 0 fully saturated rings. The number of hydrogen-bond acceptors (Lipinski definition) is 5. The van der Waals surface area contributed by atoms with Crippen LogP contribution in [0.3, 0.4) is 0 Å². The van der Waals surface area contributed by atoms with E-state index in [-0.39, 0.29) is 4.99 Å². The van der Waals surface area contributed by atoms with Crippen molar-refractivity contribution in [3.05, 3.63) is 41.6 Å². The van der Waals surface area contributed by atoms with Gasteiger partial charge in [0.05, 0.1) is 25.5 Å². The lowest BCUT2D eigenvalue weighted by atomic mass is 10.2. The van der Waals surface area contributed by atoms with Gasteiger partial charge in [0.15, 0.2) is 0 Å². The molecule has 0 atom stereocenters. The van der Waals surface area contributed by atoms with Crippen LogP contribution >= 0.6 is 12.2 Å². The number of rotatable bonds is 5. The number of benzene rings is 1. The van der Waals surface area contributed by atoms with Gasteiger partial charge in [-0.25, -0.2) is 4.98 Å². The van der Waals surface area contributed by atoms with Crippen molar-refractivity contribution in [3.63, 3.8) is 0 Å². The molecule has 1 aromatic heterocycles. The molecule has 5 nitrogen and oxygen atoms in total. The summed E-state index contributed by atoms with van der Waals surface area (Å²) < 4.78 is 10.5. The Labute approximate surface area is 129 Å². The van der Waals surface area contributed by atoms with E-state index < -0.39 is 0 Å². The van der Waals surface area contributed by atoms with Crippen molar-refractivity contribution in [2.45, 2.75) is 6.92 Å². The lowest BCUT2D eigenvalue weighted by Crippen LogP contribution is -2.13. The van der Waals surface area contributed by atoms with Gasteiger partial charge in [0.1, 0.15) is 22.3 Å². The number of aromatic nitrogens is 1. The van der Waals surface area contributed by atoms with Crippen molar-refractivity contribution >= 4 is 28.7 Å². The fourth-order valence-electron chi connectivity index (χ4n) is 1.88. The number of hydrogen-bond donors (Lipinski definition) is 2. The highest BCUT2D eigenvalue weighted by atomic mass is 32.1. The smallest absolute Gasteiger partial charge is 0.146 e. The van der Waals surface area contributed by atoms with Crippen LogP contribution in [0.25, 0.3) is 0 Å². The Morgan fingerprint density at radius 1 is 1.19 bits per heavy atom. The van der Waals surface area contributed by atoms with Crippen LogP contribution in [0, 0.1) is 6.92 Å². The maximum Gasteiger partial charge on any atom is 0.146 e. The first-order valence-electron chi connectivity index (χ1n) is 6.31. The number of thiocarbonyl (C=S) groups is 1. The lowest BCUT2D eigenvalue weighted by molar-refractivity contribution is 0.395. The highest BCUT2D eigenvalue weighted by Crippen LogP contribution is 2.31. The topological polar surface area (TPSA) is 69.4 Å². The third-order valence-electron chi connectivity index (χ3n) is 2.96. The van der Waals surface area contributed by atoms with E-state index in [1.165, 1.54) is 0 Å². The predicted molar refractivity (Wildman–Crippen MR) is 87.7 cm³/mol. The van der Waals surface area contributed by atoms with Gasteiger partial charge < -0.3 is 20.5 Å². The van der Waals surface area contributed by atoms with Crippen molar-refractivity contribution in [2.24, 2.45) is 5.73 Å². The van der Waals surface area contributed by atoms with Gasteiger partial charge in [0.25, 0.3) is 0 Å². The summed E-state index contributed by atoms with van der Waals surface area (Å²) in [6, 6.07) is 9.19. The van der Waals surface area contributed by atoms with E-state index in [0.717, 1.165) is 11.4 Å². The summed E-state index contributed by atoms with van der Waals surface area (Å²) in [4.78, 5) is 4.73. The highest BCUT2D eigenvalue weighted by Gasteiger charge is 2.11. The quantitative estimate of drug-likeness (QED) is 0.828. The van der Waals surface area contributed by atoms with Crippen LogP contribution in [0.2, 0.25) is 0 Å². The zero-order chi connectivity index (χ0) is 15.4. The second-order valence-electron chi connectivity index (χ2n) is 4.40. The van der Waals surface area contributed by atoms with Crippen LogP contribution in [-0.4, -0.2) is 24.2 Å². The fourth-order valence-corrected chi connectivity index (χ4v) is 2.04. The minimum Gasteiger partial charge on any atom is -0.497 e. The molecular weight excluding hydrogens is 286 g/mol. The third-order valence-corrected chi connectivity index (χ3v) is 3.18. The molecular formula is C15H17N3O2S. The molecule has 21 heavy (non-hydrogen) atoms. The Bertz CT molecular complexity index is 674. The standard InChI is InChI=1S/C15H17N3O2S/c1-9-4-6-11(14(16)21)15(17-9)18-12-7-5-10(19-2)8-13(12)20-3/h4-8H,1-3H3,(H2,16,21)(H,17,18). The Balaban J connectivity index is 2.42. The first-order chi connectivity index (χ1) is 10.0. The third kappa shape index (κ3) is 3.41. The van der Waals surface area contributed by atoms with Crippen LogP contribution in [0.5, 0.6) is 11.5 Å². The summed E-state index contributed by atoms with van der Waals surface area (Å²) >= 11 is 5.06. The number of ether oxygens (including phenoxy) is 2. The minimum absolute atomic E-state index is 0.289. The zero-order valence-corrected chi connectivity index (χ0v) is 13.0. The first-order valence-corrected chi connectivity index (χ1v) is 6.72. The first kappa shape index (κ1) is 15.1. The Hall–Kier alpha value is -2.34. The summed E-state index contributed by atoms with van der Waals surface area (Å²) in [7, 11) is 3.20. The van der Waals surface area contributed by atoms with Crippen LogP contribution in [0.15, 0.2) is 30.3 Å². The lowest BCUT2D eigenvalue weighted by Gasteiger charge is -2.14. The average molecular weight is 303 g/mol. The second-order valence-corrected chi connectivity index (χ2v) is 4.84. The van der Waals surface area contributed by atoms with E-state index >= 15 is 0 Å². The maximum atomic E-state index is 5.73. The largest absolute Gasteiger partial charge is 0.497 e. The summed E-state index contributed by atoms with van der Waals surface area (Å²) in [6.07, 6.45) is 0. The SMILES string of the molecule is COc1ccc(Nc2nc(C)ccc2C(N)=S)c(OC)c1. The van der Waals surface area contributed by atoms with E-state index in [9.17, 15) is 0 Å². The molecule has 0 aliphatic rings. The molecule has 6 heteroatoms. The number of anilines is 2. The molecule has 2 aromatic rings. The summed E-state index contributed by atoms with van der Waals surface area (Å²) in [5.74, 6) is 1.96. The van der Waals surface area contributed by atoms with E-state index in [1.807, 2.05) is 31.2 Å². The van der Waals surface area contributed by atoms with Crippen LogP contribution < -0.4 is 20.5 Å². The van der Waals surface area contributed by atoms with Gasteiger partial charge in [-0.15, -0.1) is 0 Å². The van der Waals surface area contributed by atoms with Crippen molar-refractivity contribution in [2.75, 3.05) is 19.5 Å². The van der Waals surface area contributed by atoms with Gasteiger partial charge >= 0.3 is 0 Å². The van der Waals surface area contributed by atoms with Crippen molar-refractivity contribution in [3.8, 4) is 11.5 Å². The highest BCUT2D eigenvalue weighted by molar-refractivity contribution is 7.80. The Kier molecular flexibility index (Phi) is 4.59. The summed E-state index contributed by atoms with van der Waals surface area (Å²) in [5, 5.41) is 3.21. The van der Waals surface area contributed by atoms with Crippen LogP contribution in [-0.2, 0) is 0 Å². The van der Waals surface area contributed by atoms with Crippen molar-refractivity contribution < 1.29 is 9.47 Å². The van der Waals surface area contributed by atoms with Crippen molar-refractivity contribution in [1.29, 1.82) is 0 Å². The van der Waals surface area contributed by atoms with Crippen molar-refractivity contribution in [1.82, 2.24) is 4.98 Å². The molecule has 0 saturated heterocycles. The molecule has 3 N–H and O–H groups in total. The molecule has 2 rings (SSSR count). The van der Waals surface area contributed by atoms with Gasteiger partial charge in [-0.1, -0.05) is 12.2 Å². The van der Waals surface area contributed by atoms with Gasteiger partial charge in [-0.2, -0.15) is 0 Å². The van der Waals surface area contributed by atoms with Crippen LogP contribution in [0.4, 0.5) is 11.5 Å². The predicted octanol–water partition coefficient (Wildman–Crippen LogP) is 2.79. The van der Waals surface area contributed by atoms with E-state index in [2.05, 4.69) is 10.3 Å².